The van der Waals surface area contributed by atoms with E-state index in [0.29, 0.717) is 0 Å². The molecule has 1 N–H and O–H groups in total. The summed E-state index contributed by atoms with van der Waals surface area (Å²) in [5.41, 5.74) is 4.96. The summed E-state index contributed by atoms with van der Waals surface area (Å²) in [4.78, 5) is 0. The molecule has 1 unspecified atom stereocenters. The molecule has 0 heterocycles. The second kappa shape index (κ2) is 6.31. The van der Waals surface area contributed by atoms with E-state index in [1.165, 1.54) is 16.7 Å². The van der Waals surface area contributed by atoms with Crippen LogP contribution in [0.15, 0.2) is 40.9 Å². The van der Waals surface area contributed by atoms with Crippen LogP contribution in [0.3, 0.4) is 0 Å². The van der Waals surface area contributed by atoms with Crippen LogP contribution in [0.4, 0.5) is 5.69 Å². The van der Waals surface area contributed by atoms with Crippen LogP contribution in [0.1, 0.15) is 29.7 Å². The Morgan fingerprint density at radius 2 is 1.80 bits per heavy atom. The van der Waals surface area contributed by atoms with Crippen LogP contribution in [0.5, 0.6) is 5.75 Å². The molecule has 2 aromatic carbocycles. The van der Waals surface area contributed by atoms with Gasteiger partial charge in [-0.25, -0.2) is 0 Å². The molecule has 1 atom stereocenters. The maximum absolute atomic E-state index is 5.27. The number of hydrogen-bond acceptors (Lipinski definition) is 2. The van der Waals surface area contributed by atoms with Crippen molar-refractivity contribution in [3.05, 3.63) is 57.6 Å². The lowest BCUT2D eigenvalue weighted by molar-refractivity contribution is 0.415. The minimum Gasteiger partial charge on any atom is -0.497 e. The third-order valence-electron chi connectivity index (χ3n) is 3.58. The Balaban J connectivity index is 2.22. The van der Waals surface area contributed by atoms with Crippen molar-refractivity contribution < 1.29 is 4.74 Å². The average Bonchev–Trinajstić information content (AvgIpc) is 2.44. The van der Waals surface area contributed by atoms with Crippen molar-refractivity contribution in [2.24, 2.45) is 0 Å². The fraction of sp³-hybridized carbons (Fsp3) is 0.294. The summed E-state index contributed by atoms with van der Waals surface area (Å²) in [6.45, 7) is 6.44. The van der Waals surface area contributed by atoms with Crippen LogP contribution < -0.4 is 10.1 Å². The first-order valence-corrected chi connectivity index (χ1v) is 7.48. The van der Waals surface area contributed by atoms with Gasteiger partial charge < -0.3 is 10.1 Å². The Bertz CT molecular complexity index is 610. The van der Waals surface area contributed by atoms with Gasteiger partial charge >= 0.3 is 0 Å². The summed E-state index contributed by atoms with van der Waals surface area (Å²) in [6, 6.07) is 12.8. The first-order valence-electron chi connectivity index (χ1n) is 6.68. The quantitative estimate of drug-likeness (QED) is 0.825. The Hall–Kier alpha value is -1.48. The molecule has 20 heavy (non-hydrogen) atoms. The van der Waals surface area contributed by atoms with Crippen LogP contribution >= 0.6 is 15.9 Å². The number of nitrogens with one attached hydrogen (secondary N) is 1. The molecule has 3 heteroatoms. The van der Waals surface area contributed by atoms with Gasteiger partial charge in [0.05, 0.1) is 12.8 Å². The summed E-state index contributed by atoms with van der Waals surface area (Å²) >= 11 is 3.57. The van der Waals surface area contributed by atoms with Crippen molar-refractivity contribution in [2.45, 2.75) is 26.8 Å². The Morgan fingerprint density at radius 3 is 2.45 bits per heavy atom. The van der Waals surface area contributed by atoms with Gasteiger partial charge in [-0.3, -0.25) is 0 Å². The predicted octanol–water partition coefficient (Wildman–Crippen LogP) is 5.25. The number of hydrogen-bond donors (Lipinski definition) is 1. The maximum Gasteiger partial charge on any atom is 0.121 e. The normalized spacial score (nSPS) is 12.1. The first-order chi connectivity index (χ1) is 9.51. The number of ether oxygens (including phenoxy) is 1. The van der Waals surface area contributed by atoms with E-state index in [0.717, 1.165) is 15.9 Å². The van der Waals surface area contributed by atoms with Gasteiger partial charge in [0.15, 0.2) is 0 Å². The average molecular weight is 334 g/mol. The minimum absolute atomic E-state index is 0.234. The van der Waals surface area contributed by atoms with Gasteiger partial charge in [-0.2, -0.15) is 0 Å². The standard InChI is InChI=1S/C17H20BrNO/c1-11-5-6-14(9-12(11)2)13(3)19-17-10-15(20-4)7-8-16(17)18/h5-10,13,19H,1-4H3. The van der Waals surface area contributed by atoms with Gasteiger partial charge in [-0.15, -0.1) is 0 Å². The van der Waals surface area contributed by atoms with E-state index in [9.17, 15) is 0 Å². The van der Waals surface area contributed by atoms with Gasteiger partial charge in [-0.05, 0) is 65.5 Å². The molecule has 106 valence electrons. The van der Waals surface area contributed by atoms with Gasteiger partial charge in [-0.1, -0.05) is 18.2 Å². The second-order valence-corrected chi connectivity index (χ2v) is 5.91. The monoisotopic (exact) mass is 333 g/mol. The highest BCUT2D eigenvalue weighted by Crippen LogP contribution is 2.30. The number of aryl methyl sites for hydroxylation is 2. The molecule has 0 saturated carbocycles. The smallest absolute Gasteiger partial charge is 0.121 e. The highest BCUT2D eigenvalue weighted by atomic mass is 79.9. The van der Waals surface area contributed by atoms with Crippen molar-refractivity contribution in [1.82, 2.24) is 0 Å². The summed E-state index contributed by atoms with van der Waals surface area (Å²) in [5, 5.41) is 3.52. The van der Waals surface area contributed by atoms with Gasteiger partial charge in [0.2, 0.25) is 0 Å². The lowest BCUT2D eigenvalue weighted by Gasteiger charge is -2.18. The van der Waals surface area contributed by atoms with E-state index in [1.54, 1.807) is 7.11 Å². The molecule has 2 rings (SSSR count). The molecule has 0 amide bonds. The van der Waals surface area contributed by atoms with E-state index >= 15 is 0 Å². The van der Waals surface area contributed by atoms with Crippen molar-refractivity contribution in [2.75, 3.05) is 12.4 Å². The molecule has 2 nitrogen and oxygen atoms in total. The highest BCUT2D eigenvalue weighted by molar-refractivity contribution is 9.10. The minimum atomic E-state index is 0.234. The molecule has 0 saturated heterocycles. The molecule has 2 aromatic rings. The first kappa shape index (κ1) is 14.9. The Morgan fingerprint density at radius 1 is 1.05 bits per heavy atom. The molecule has 0 bridgehead atoms. The molecule has 0 aromatic heterocycles. The lowest BCUT2D eigenvalue weighted by Crippen LogP contribution is -2.07. The fourth-order valence-electron chi connectivity index (χ4n) is 2.09. The highest BCUT2D eigenvalue weighted by Gasteiger charge is 2.09. The van der Waals surface area contributed by atoms with Crippen LogP contribution in [0.25, 0.3) is 0 Å². The molecular weight excluding hydrogens is 314 g/mol. The molecule has 0 radical (unpaired) electrons. The van der Waals surface area contributed by atoms with Crippen molar-refractivity contribution >= 4 is 21.6 Å². The molecule has 0 spiro atoms. The largest absolute Gasteiger partial charge is 0.497 e. The molecule has 0 aliphatic rings. The molecule has 0 aliphatic heterocycles. The topological polar surface area (TPSA) is 21.3 Å². The van der Waals surface area contributed by atoms with E-state index in [-0.39, 0.29) is 6.04 Å². The summed E-state index contributed by atoms with van der Waals surface area (Å²) in [5.74, 6) is 0.850. The van der Waals surface area contributed by atoms with Crippen LogP contribution in [0, 0.1) is 13.8 Å². The van der Waals surface area contributed by atoms with Crippen LogP contribution in [-0.2, 0) is 0 Å². The second-order valence-electron chi connectivity index (χ2n) is 5.06. The van der Waals surface area contributed by atoms with E-state index in [1.807, 2.05) is 18.2 Å². The third kappa shape index (κ3) is 3.34. The number of halogens is 1. The van der Waals surface area contributed by atoms with E-state index < -0.39 is 0 Å². The van der Waals surface area contributed by atoms with Gasteiger partial charge in [0.1, 0.15) is 5.75 Å². The van der Waals surface area contributed by atoms with Crippen LogP contribution in [0.2, 0.25) is 0 Å². The molecule has 0 fully saturated rings. The molecular formula is C17H20BrNO. The van der Waals surface area contributed by atoms with Crippen molar-refractivity contribution in [3.63, 3.8) is 0 Å². The zero-order chi connectivity index (χ0) is 14.7. The maximum atomic E-state index is 5.27. The number of anilines is 1. The summed E-state index contributed by atoms with van der Waals surface area (Å²) < 4.78 is 6.31. The predicted molar refractivity (Wildman–Crippen MR) is 88.6 cm³/mol. The Labute approximate surface area is 129 Å². The Kier molecular flexibility index (Phi) is 4.71. The fourth-order valence-corrected chi connectivity index (χ4v) is 2.45. The number of methoxy groups -OCH3 is 1. The van der Waals surface area contributed by atoms with Crippen molar-refractivity contribution in [1.29, 1.82) is 0 Å². The van der Waals surface area contributed by atoms with Gasteiger partial charge in [0, 0.05) is 16.6 Å². The van der Waals surface area contributed by atoms with E-state index in [2.05, 4.69) is 60.2 Å². The zero-order valence-corrected chi connectivity index (χ0v) is 13.9. The zero-order valence-electron chi connectivity index (χ0n) is 12.3. The SMILES string of the molecule is COc1ccc(Br)c(NC(C)c2ccc(C)c(C)c2)c1. The number of rotatable bonds is 4. The van der Waals surface area contributed by atoms with E-state index in [4.69, 9.17) is 4.74 Å². The summed E-state index contributed by atoms with van der Waals surface area (Å²) in [7, 11) is 1.68. The van der Waals surface area contributed by atoms with Crippen molar-refractivity contribution in [3.8, 4) is 5.75 Å². The number of benzene rings is 2. The van der Waals surface area contributed by atoms with Gasteiger partial charge in [0.25, 0.3) is 0 Å². The lowest BCUT2D eigenvalue weighted by atomic mass is 10.0. The third-order valence-corrected chi connectivity index (χ3v) is 4.27. The summed E-state index contributed by atoms with van der Waals surface area (Å²) in [6.07, 6.45) is 0. The van der Waals surface area contributed by atoms with Crippen LogP contribution in [-0.4, -0.2) is 7.11 Å². The molecule has 0 aliphatic carbocycles.